The lowest BCUT2D eigenvalue weighted by molar-refractivity contribution is -0.127. The standard InChI is InChI=1S/C29H41N5O3/c1-5-7-12-33(6-2)14-15-34-13-8-9-22-18-31-27(20(3)28(22)29(34)37)16-23(19-35)25-17-24(32-21(4)36)10-11-26(25)30/h10-11,16-17,19,31H,5-9,12-15,18,30H2,1-4H3,(H,32,36)/b23-16+. The monoisotopic (exact) mass is 507 g/mol. The first kappa shape index (κ1) is 28.2. The Hall–Kier alpha value is -3.39. The number of carbonyl (C=O) groups excluding carboxylic acids is 3. The third-order valence-corrected chi connectivity index (χ3v) is 7.11. The molecular weight excluding hydrogens is 466 g/mol. The van der Waals surface area contributed by atoms with E-state index in [1.165, 1.54) is 6.92 Å². The molecule has 2 amide bonds. The maximum absolute atomic E-state index is 13.7. The molecule has 8 nitrogen and oxygen atoms in total. The van der Waals surface area contributed by atoms with E-state index in [2.05, 4.69) is 29.4 Å². The van der Waals surface area contributed by atoms with Crippen LogP contribution in [0.25, 0.3) is 5.57 Å². The fraction of sp³-hybridized carbons (Fsp3) is 0.483. The number of benzene rings is 1. The van der Waals surface area contributed by atoms with Crippen molar-refractivity contribution in [2.45, 2.75) is 53.4 Å². The van der Waals surface area contributed by atoms with Crippen LogP contribution < -0.4 is 16.4 Å². The van der Waals surface area contributed by atoms with E-state index >= 15 is 0 Å². The summed E-state index contributed by atoms with van der Waals surface area (Å²) in [6.07, 6.45) is 6.65. The Balaban J connectivity index is 1.89. The van der Waals surface area contributed by atoms with Crippen LogP contribution in [0.15, 0.2) is 46.7 Å². The van der Waals surface area contributed by atoms with Gasteiger partial charge in [0.1, 0.15) is 0 Å². The molecule has 4 N–H and O–H groups in total. The smallest absolute Gasteiger partial charge is 0.254 e. The summed E-state index contributed by atoms with van der Waals surface area (Å²) in [5.41, 5.74) is 11.6. The molecule has 1 aromatic rings. The van der Waals surface area contributed by atoms with Crippen LogP contribution in [-0.4, -0.2) is 67.2 Å². The summed E-state index contributed by atoms with van der Waals surface area (Å²) in [5.74, 6) is -0.132. The van der Waals surface area contributed by atoms with Gasteiger partial charge < -0.3 is 26.2 Å². The minimum absolute atomic E-state index is 0.0729. The number of dihydropyridines is 1. The summed E-state index contributed by atoms with van der Waals surface area (Å²) in [7, 11) is 0. The van der Waals surface area contributed by atoms with Crippen LogP contribution in [-0.2, 0) is 14.4 Å². The summed E-state index contributed by atoms with van der Waals surface area (Å²) in [5, 5.41) is 6.14. The van der Waals surface area contributed by atoms with Gasteiger partial charge in [0.2, 0.25) is 5.91 Å². The topological polar surface area (TPSA) is 108 Å². The number of hydrogen-bond acceptors (Lipinski definition) is 6. The van der Waals surface area contributed by atoms with Gasteiger partial charge in [-0.05, 0) is 74.7 Å². The van der Waals surface area contributed by atoms with Crippen LogP contribution in [0.5, 0.6) is 0 Å². The Kier molecular flexibility index (Phi) is 10.1. The highest BCUT2D eigenvalue weighted by Crippen LogP contribution is 2.32. The number of allylic oxidation sites excluding steroid dienone is 2. The maximum Gasteiger partial charge on any atom is 0.254 e. The largest absolute Gasteiger partial charge is 0.398 e. The average molecular weight is 508 g/mol. The van der Waals surface area contributed by atoms with Crippen molar-refractivity contribution in [3.63, 3.8) is 0 Å². The number of rotatable bonds is 11. The first-order chi connectivity index (χ1) is 17.8. The molecule has 0 aromatic heterocycles. The van der Waals surface area contributed by atoms with Crippen molar-refractivity contribution in [1.82, 2.24) is 15.1 Å². The molecule has 0 aliphatic carbocycles. The Morgan fingerprint density at radius 2 is 2.05 bits per heavy atom. The summed E-state index contributed by atoms with van der Waals surface area (Å²) in [6.45, 7) is 12.7. The predicted molar refractivity (Wildman–Crippen MR) is 150 cm³/mol. The molecule has 200 valence electrons. The quantitative estimate of drug-likeness (QED) is 0.239. The Morgan fingerprint density at radius 1 is 1.27 bits per heavy atom. The fourth-order valence-electron chi connectivity index (χ4n) is 4.95. The average Bonchev–Trinajstić information content (AvgIpc) is 3.03. The molecule has 2 aliphatic heterocycles. The zero-order valence-electron chi connectivity index (χ0n) is 22.7. The van der Waals surface area contributed by atoms with E-state index in [-0.39, 0.29) is 11.8 Å². The number of nitrogens with two attached hydrogens (primary N) is 1. The van der Waals surface area contributed by atoms with Crippen LogP contribution in [0.1, 0.15) is 58.9 Å². The van der Waals surface area contributed by atoms with Gasteiger partial charge in [-0.25, -0.2) is 0 Å². The van der Waals surface area contributed by atoms with Crippen LogP contribution in [0.3, 0.4) is 0 Å². The number of nitrogens with zero attached hydrogens (tertiary/aromatic N) is 2. The number of carbonyl (C=O) groups is 3. The number of hydrogen-bond donors (Lipinski definition) is 3. The first-order valence-electron chi connectivity index (χ1n) is 13.3. The molecule has 0 unspecified atom stereocenters. The lowest BCUT2D eigenvalue weighted by Gasteiger charge is -2.28. The van der Waals surface area contributed by atoms with Crippen molar-refractivity contribution in [2.75, 3.05) is 50.3 Å². The van der Waals surface area contributed by atoms with Gasteiger partial charge in [-0.15, -0.1) is 0 Å². The summed E-state index contributed by atoms with van der Waals surface area (Å²) in [4.78, 5) is 41.7. The molecule has 1 aromatic carbocycles. The van der Waals surface area contributed by atoms with Crippen molar-refractivity contribution >= 4 is 35.0 Å². The van der Waals surface area contributed by atoms with Crippen molar-refractivity contribution in [3.05, 3.63) is 52.3 Å². The van der Waals surface area contributed by atoms with Gasteiger partial charge in [-0.3, -0.25) is 14.4 Å². The number of nitrogen functional groups attached to an aromatic ring is 1. The molecule has 0 fully saturated rings. The zero-order valence-corrected chi connectivity index (χ0v) is 22.7. The molecule has 37 heavy (non-hydrogen) atoms. The maximum atomic E-state index is 13.7. The second-order valence-electron chi connectivity index (χ2n) is 9.76. The fourth-order valence-corrected chi connectivity index (χ4v) is 4.95. The molecule has 0 saturated heterocycles. The van der Waals surface area contributed by atoms with Crippen LogP contribution in [0.2, 0.25) is 0 Å². The van der Waals surface area contributed by atoms with E-state index in [0.717, 1.165) is 80.6 Å². The Labute approximate surface area is 220 Å². The van der Waals surface area contributed by atoms with E-state index < -0.39 is 0 Å². The van der Waals surface area contributed by atoms with E-state index in [9.17, 15) is 14.4 Å². The van der Waals surface area contributed by atoms with E-state index in [1.54, 1.807) is 24.3 Å². The molecule has 0 spiro atoms. The highest BCUT2D eigenvalue weighted by Gasteiger charge is 2.29. The normalized spacial score (nSPS) is 16.5. The van der Waals surface area contributed by atoms with Gasteiger partial charge in [0.25, 0.3) is 5.91 Å². The lowest BCUT2D eigenvalue weighted by atomic mass is 9.92. The molecule has 2 heterocycles. The number of aldehydes is 1. The van der Waals surface area contributed by atoms with Crippen molar-refractivity contribution in [3.8, 4) is 0 Å². The van der Waals surface area contributed by atoms with E-state index in [0.29, 0.717) is 35.6 Å². The highest BCUT2D eigenvalue weighted by molar-refractivity contribution is 6.10. The first-order valence-corrected chi connectivity index (χ1v) is 13.3. The number of unbranched alkanes of at least 4 members (excludes halogenated alkanes) is 1. The van der Waals surface area contributed by atoms with E-state index in [1.807, 2.05) is 11.8 Å². The molecule has 3 rings (SSSR count). The lowest BCUT2D eigenvalue weighted by Crippen LogP contribution is -2.40. The minimum atomic E-state index is -0.205. The number of likely N-dealkylation sites (N-methyl/N-ethyl adjacent to an activating group) is 1. The second-order valence-corrected chi connectivity index (χ2v) is 9.76. The molecule has 0 saturated carbocycles. The zero-order chi connectivity index (χ0) is 26.9. The van der Waals surface area contributed by atoms with Gasteiger partial charge in [-0.1, -0.05) is 20.3 Å². The third-order valence-electron chi connectivity index (χ3n) is 7.11. The van der Waals surface area contributed by atoms with Crippen LogP contribution in [0, 0.1) is 0 Å². The van der Waals surface area contributed by atoms with Crippen LogP contribution in [0.4, 0.5) is 11.4 Å². The molecular formula is C29H41N5O3. The molecule has 0 bridgehead atoms. The van der Waals surface area contributed by atoms with Gasteiger partial charge >= 0.3 is 0 Å². The summed E-state index contributed by atoms with van der Waals surface area (Å²) >= 11 is 0. The van der Waals surface area contributed by atoms with Gasteiger partial charge in [0, 0.05) is 66.9 Å². The number of anilines is 2. The molecule has 2 aliphatic rings. The second kappa shape index (κ2) is 13.2. The Morgan fingerprint density at radius 3 is 2.73 bits per heavy atom. The highest BCUT2D eigenvalue weighted by atomic mass is 16.2. The third kappa shape index (κ3) is 7.10. The van der Waals surface area contributed by atoms with Gasteiger partial charge in [-0.2, -0.15) is 0 Å². The Bertz CT molecular complexity index is 1120. The van der Waals surface area contributed by atoms with Gasteiger partial charge in [0.15, 0.2) is 6.29 Å². The van der Waals surface area contributed by atoms with Crippen molar-refractivity contribution in [2.24, 2.45) is 0 Å². The summed E-state index contributed by atoms with van der Waals surface area (Å²) < 4.78 is 0. The van der Waals surface area contributed by atoms with Crippen LogP contribution >= 0.6 is 0 Å². The molecule has 0 atom stereocenters. The molecule has 8 heteroatoms. The van der Waals surface area contributed by atoms with E-state index in [4.69, 9.17) is 5.73 Å². The number of nitrogens with one attached hydrogen (secondary N) is 2. The summed E-state index contributed by atoms with van der Waals surface area (Å²) in [6, 6.07) is 5.06. The van der Waals surface area contributed by atoms with Crippen molar-refractivity contribution < 1.29 is 14.4 Å². The number of amides is 2. The van der Waals surface area contributed by atoms with Gasteiger partial charge in [0.05, 0.1) is 0 Å². The molecule has 0 radical (unpaired) electrons. The SMILES string of the molecule is CCCCN(CC)CCN1CCCC2=C(C1=O)C(C)=C(/C=C(\C=O)c1cc(NC(C)=O)ccc1N)NC2. The predicted octanol–water partition coefficient (Wildman–Crippen LogP) is 3.73. The minimum Gasteiger partial charge on any atom is -0.398 e. The van der Waals surface area contributed by atoms with Crippen molar-refractivity contribution in [1.29, 1.82) is 0 Å².